The van der Waals surface area contributed by atoms with E-state index in [9.17, 15) is 4.79 Å². The number of morpholine rings is 1. The molecule has 3 heterocycles. The van der Waals surface area contributed by atoms with Crippen molar-refractivity contribution in [3.05, 3.63) is 78.0 Å². The summed E-state index contributed by atoms with van der Waals surface area (Å²) in [6.45, 7) is 3.62. The maximum Gasteiger partial charge on any atom is 0.256 e. The van der Waals surface area contributed by atoms with Crippen LogP contribution in [-0.2, 0) is 11.3 Å². The predicted molar refractivity (Wildman–Crippen MR) is 127 cm³/mol. The SMILES string of the molecule is O=C(c1ccc(N2CCOCC2)nc1)N(Cc1cnc[nH]1)C1CCC(c2ccccc2)CC1. The van der Waals surface area contributed by atoms with Gasteiger partial charge in [-0.15, -0.1) is 0 Å². The minimum absolute atomic E-state index is 0.0359. The first kappa shape index (κ1) is 21.6. The molecule has 7 nitrogen and oxygen atoms in total. The van der Waals surface area contributed by atoms with Crippen molar-refractivity contribution >= 4 is 11.7 Å². The zero-order valence-corrected chi connectivity index (χ0v) is 18.9. The molecule has 1 aliphatic heterocycles. The van der Waals surface area contributed by atoms with Crippen LogP contribution in [0.2, 0.25) is 0 Å². The molecular formula is C26H31N5O2. The lowest BCUT2D eigenvalue weighted by atomic mass is 9.81. The van der Waals surface area contributed by atoms with E-state index in [4.69, 9.17) is 4.74 Å². The van der Waals surface area contributed by atoms with Crippen LogP contribution >= 0.6 is 0 Å². The molecule has 1 saturated carbocycles. The van der Waals surface area contributed by atoms with E-state index in [-0.39, 0.29) is 11.9 Å². The quantitative estimate of drug-likeness (QED) is 0.621. The number of imidazole rings is 1. The fraction of sp³-hybridized carbons (Fsp3) is 0.423. The van der Waals surface area contributed by atoms with E-state index in [2.05, 4.69) is 50.2 Å². The molecule has 2 aromatic heterocycles. The molecule has 3 aromatic rings. The number of rotatable bonds is 6. The molecule has 5 rings (SSSR count). The van der Waals surface area contributed by atoms with Crippen molar-refractivity contribution < 1.29 is 9.53 Å². The Labute approximate surface area is 194 Å². The van der Waals surface area contributed by atoms with Crippen molar-refractivity contribution in [2.24, 2.45) is 0 Å². The number of H-pyrrole nitrogens is 1. The maximum absolute atomic E-state index is 13.6. The Hall–Kier alpha value is -3.19. The molecule has 0 atom stereocenters. The predicted octanol–water partition coefficient (Wildman–Crippen LogP) is 4.01. The highest BCUT2D eigenvalue weighted by Crippen LogP contribution is 2.35. The summed E-state index contributed by atoms with van der Waals surface area (Å²) in [4.78, 5) is 29.7. The Morgan fingerprint density at radius 1 is 1.03 bits per heavy atom. The lowest BCUT2D eigenvalue weighted by molar-refractivity contribution is 0.0602. The number of hydrogen-bond donors (Lipinski definition) is 1. The molecule has 1 aromatic carbocycles. The fourth-order valence-electron chi connectivity index (χ4n) is 5.03. The van der Waals surface area contributed by atoms with Gasteiger partial charge in [0, 0.05) is 31.5 Å². The lowest BCUT2D eigenvalue weighted by Gasteiger charge is -2.37. The summed E-state index contributed by atoms with van der Waals surface area (Å²) >= 11 is 0. The van der Waals surface area contributed by atoms with Crippen LogP contribution in [0.15, 0.2) is 61.2 Å². The van der Waals surface area contributed by atoms with Gasteiger partial charge in [0.1, 0.15) is 5.82 Å². The van der Waals surface area contributed by atoms with Gasteiger partial charge in [-0.3, -0.25) is 4.79 Å². The Bertz CT molecular complexity index is 1010. The Kier molecular flexibility index (Phi) is 6.67. The third kappa shape index (κ3) is 5.09. The molecule has 1 saturated heterocycles. The molecule has 1 N–H and O–H groups in total. The number of nitrogens with one attached hydrogen (secondary N) is 1. The van der Waals surface area contributed by atoms with Gasteiger partial charge in [0.2, 0.25) is 0 Å². The van der Waals surface area contributed by atoms with E-state index in [0.29, 0.717) is 31.2 Å². The average molecular weight is 446 g/mol. The first-order valence-corrected chi connectivity index (χ1v) is 11.9. The maximum atomic E-state index is 13.6. The summed E-state index contributed by atoms with van der Waals surface area (Å²) in [6.07, 6.45) is 9.38. The molecule has 7 heteroatoms. The van der Waals surface area contributed by atoms with Gasteiger partial charge in [0.15, 0.2) is 0 Å². The second kappa shape index (κ2) is 10.2. The lowest BCUT2D eigenvalue weighted by Crippen LogP contribution is -2.42. The minimum Gasteiger partial charge on any atom is -0.378 e. The number of benzene rings is 1. The van der Waals surface area contributed by atoms with Gasteiger partial charge in [-0.1, -0.05) is 30.3 Å². The number of carbonyl (C=O) groups excluding carboxylic acids is 1. The van der Waals surface area contributed by atoms with Gasteiger partial charge in [-0.25, -0.2) is 9.97 Å². The normalized spacial score (nSPS) is 21.0. The molecule has 0 radical (unpaired) electrons. The second-order valence-corrected chi connectivity index (χ2v) is 8.93. The average Bonchev–Trinajstić information content (AvgIpc) is 3.42. The number of anilines is 1. The van der Waals surface area contributed by atoms with Crippen LogP contribution in [0, 0.1) is 0 Å². The fourth-order valence-corrected chi connectivity index (χ4v) is 5.03. The van der Waals surface area contributed by atoms with E-state index in [1.54, 1.807) is 18.7 Å². The topological polar surface area (TPSA) is 74.4 Å². The van der Waals surface area contributed by atoms with E-state index in [0.717, 1.165) is 50.3 Å². The van der Waals surface area contributed by atoms with E-state index < -0.39 is 0 Å². The van der Waals surface area contributed by atoms with E-state index in [1.807, 2.05) is 17.0 Å². The van der Waals surface area contributed by atoms with Crippen LogP contribution in [0.25, 0.3) is 0 Å². The van der Waals surface area contributed by atoms with Gasteiger partial charge < -0.3 is 19.5 Å². The van der Waals surface area contributed by atoms with Crippen LogP contribution < -0.4 is 4.90 Å². The largest absolute Gasteiger partial charge is 0.378 e. The van der Waals surface area contributed by atoms with E-state index in [1.165, 1.54) is 5.56 Å². The minimum atomic E-state index is 0.0359. The smallest absolute Gasteiger partial charge is 0.256 e. The molecular weight excluding hydrogens is 414 g/mol. The highest BCUT2D eigenvalue weighted by Gasteiger charge is 2.30. The summed E-state index contributed by atoms with van der Waals surface area (Å²) < 4.78 is 5.43. The van der Waals surface area contributed by atoms with Crippen molar-refractivity contribution in [1.29, 1.82) is 0 Å². The Morgan fingerprint density at radius 2 is 1.82 bits per heavy atom. The highest BCUT2D eigenvalue weighted by molar-refractivity contribution is 5.94. The molecule has 1 amide bonds. The first-order chi connectivity index (χ1) is 16.3. The third-order valence-corrected chi connectivity index (χ3v) is 6.89. The molecule has 172 valence electrons. The van der Waals surface area contributed by atoms with Gasteiger partial charge in [-0.05, 0) is 49.3 Å². The number of nitrogens with zero attached hydrogens (tertiary/aromatic N) is 4. The monoisotopic (exact) mass is 445 g/mol. The standard InChI is InChI=1S/C26H31N5O2/c32-26(22-8-11-25(28-16-22)30-12-14-33-15-13-30)31(18-23-17-27-19-29-23)24-9-6-21(7-10-24)20-4-2-1-3-5-20/h1-5,8,11,16-17,19,21,24H,6-7,9-10,12-15,18H2,(H,27,29). The number of carbonyl (C=O) groups is 1. The first-order valence-electron chi connectivity index (χ1n) is 11.9. The highest BCUT2D eigenvalue weighted by atomic mass is 16.5. The van der Waals surface area contributed by atoms with Crippen LogP contribution in [0.4, 0.5) is 5.82 Å². The van der Waals surface area contributed by atoms with Gasteiger partial charge in [-0.2, -0.15) is 0 Å². The number of amides is 1. The zero-order valence-electron chi connectivity index (χ0n) is 18.9. The number of aromatic amines is 1. The van der Waals surface area contributed by atoms with Crippen molar-refractivity contribution in [3.8, 4) is 0 Å². The van der Waals surface area contributed by atoms with Gasteiger partial charge >= 0.3 is 0 Å². The van der Waals surface area contributed by atoms with Crippen molar-refractivity contribution in [2.75, 3.05) is 31.2 Å². The summed E-state index contributed by atoms with van der Waals surface area (Å²) in [5.41, 5.74) is 2.99. The molecule has 1 aliphatic carbocycles. The molecule has 0 unspecified atom stereocenters. The molecule has 2 aliphatic rings. The zero-order chi connectivity index (χ0) is 22.5. The number of ether oxygens (including phenoxy) is 1. The Balaban J connectivity index is 1.30. The molecule has 2 fully saturated rings. The summed E-state index contributed by atoms with van der Waals surface area (Å²) in [5.74, 6) is 1.51. The van der Waals surface area contributed by atoms with Crippen LogP contribution in [0.1, 0.15) is 53.2 Å². The summed E-state index contributed by atoms with van der Waals surface area (Å²) in [7, 11) is 0. The van der Waals surface area contributed by atoms with Crippen LogP contribution in [0.5, 0.6) is 0 Å². The summed E-state index contributed by atoms with van der Waals surface area (Å²) in [6, 6.07) is 14.8. The number of hydrogen-bond acceptors (Lipinski definition) is 5. The van der Waals surface area contributed by atoms with Gasteiger partial charge in [0.25, 0.3) is 5.91 Å². The molecule has 0 bridgehead atoms. The third-order valence-electron chi connectivity index (χ3n) is 6.89. The molecule has 0 spiro atoms. The van der Waals surface area contributed by atoms with Gasteiger partial charge in [0.05, 0.1) is 37.3 Å². The Morgan fingerprint density at radius 3 is 2.48 bits per heavy atom. The van der Waals surface area contributed by atoms with Crippen molar-refractivity contribution in [3.63, 3.8) is 0 Å². The van der Waals surface area contributed by atoms with Crippen molar-refractivity contribution in [1.82, 2.24) is 19.9 Å². The number of pyridine rings is 1. The molecule has 33 heavy (non-hydrogen) atoms. The second-order valence-electron chi connectivity index (χ2n) is 8.93. The summed E-state index contributed by atoms with van der Waals surface area (Å²) in [5, 5.41) is 0. The van der Waals surface area contributed by atoms with Crippen LogP contribution in [0.3, 0.4) is 0 Å². The van der Waals surface area contributed by atoms with Crippen LogP contribution in [-0.4, -0.2) is 58.1 Å². The van der Waals surface area contributed by atoms with E-state index >= 15 is 0 Å². The van der Waals surface area contributed by atoms with Crippen molar-refractivity contribution in [2.45, 2.75) is 44.2 Å². The number of aromatic nitrogens is 3.